The molecule has 0 spiro atoms. The van der Waals surface area contributed by atoms with Gasteiger partial charge in [-0.05, 0) is 18.6 Å². The van der Waals surface area contributed by atoms with Crippen LogP contribution < -0.4 is 4.74 Å². The van der Waals surface area contributed by atoms with Gasteiger partial charge in [-0.3, -0.25) is 0 Å². The molecular weight excluding hydrogens is 205 g/mol. The second kappa shape index (κ2) is 4.92. The summed E-state index contributed by atoms with van der Waals surface area (Å²) in [6, 6.07) is 9.71. The van der Waals surface area contributed by atoms with Crippen molar-refractivity contribution in [3.63, 3.8) is 0 Å². The van der Waals surface area contributed by atoms with E-state index in [0.29, 0.717) is 5.75 Å². The number of nitrogens with zero attached hydrogens (tertiary/aromatic N) is 1. The molecule has 0 bridgehead atoms. The Balaban J connectivity index is 2.46. The summed E-state index contributed by atoms with van der Waals surface area (Å²) in [6.07, 6.45) is 0.882. The molecule has 2 rings (SSSR count). The predicted molar refractivity (Wildman–Crippen MR) is 62.6 cm³/mol. The first-order chi connectivity index (χ1) is 7.85. The number of hydrogen-bond donors (Lipinski definition) is 0. The number of aromatic nitrogens is 1. The van der Waals surface area contributed by atoms with Crippen molar-refractivity contribution in [2.24, 2.45) is 0 Å². The average Bonchev–Trinajstić information content (AvgIpc) is 2.35. The first kappa shape index (κ1) is 10.9. The minimum Gasteiger partial charge on any atom is -0.489 e. The Bertz CT molecular complexity index is 484. The van der Waals surface area contributed by atoms with Crippen molar-refractivity contribution in [1.29, 1.82) is 0 Å². The van der Waals surface area contributed by atoms with Crippen LogP contribution in [-0.2, 0) is 6.42 Å². The van der Waals surface area contributed by atoms with Gasteiger partial charge in [-0.1, -0.05) is 25.1 Å². The molecular formula is C13H14FNO. The molecule has 1 aromatic carbocycles. The largest absolute Gasteiger partial charge is 0.489 e. The van der Waals surface area contributed by atoms with E-state index in [9.17, 15) is 4.39 Å². The number of halogens is 1. The molecule has 2 nitrogen and oxygen atoms in total. The van der Waals surface area contributed by atoms with Gasteiger partial charge in [0.25, 0.3) is 0 Å². The number of alkyl halides is 1. The second-order valence-corrected chi connectivity index (χ2v) is 3.52. The van der Waals surface area contributed by atoms with Crippen molar-refractivity contribution >= 4 is 10.9 Å². The number of pyridine rings is 1. The van der Waals surface area contributed by atoms with Crippen molar-refractivity contribution in [3.8, 4) is 5.75 Å². The Hall–Kier alpha value is -1.64. The topological polar surface area (TPSA) is 22.1 Å². The van der Waals surface area contributed by atoms with Gasteiger partial charge >= 0.3 is 0 Å². The lowest BCUT2D eigenvalue weighted by Gasteiger charge is -2.07. The number of para-hydroxylation sites is 1. The summed E-state index contributed by atoms with van der Waals surface area (Å²) in [5.74, 6) is 0.658. The molecule has 1 heterocycles. The minimum absolute atomic E-state index is 0.0805. The van der Waals surface area contributed by atoms with E-state index in [1.165, 1.54) is 0 Å². The normalized spacial score (nSPS) is 10.6. The first-order valence-corrected chi connectivity index (χ1v) is 5.42. The van der Waals surface area contributed by atoms with Crippen LogP contribution in [0, 0.1) is 0 Å². The van der Waals surface area contributed by atoms with Crippen LogP contribution in [0.2, 0.25) is 0 Å². The number of aryl methyl sites for hydroxylation is 1. The van der Waals surface area contributed by atoms with Crippen LogP contribution >= 0.6 is 0 Å². The van der Waals surface area contributed by atoms with Crippen molar-refractivity contribution in [2.45, 2.75) is 13.3 Å². The lowest BCUT2D eigenvalue weighted by molar-refractivity contribution is 0.275. The Morgan fingerprint density at radius 3 is 2.88 bits per heavy atom. The molecule has 2 aromatic rings. The van der Waals surface area contributed by atoms with Crippen molar-refractivity contribution < 1.29 is 9.13 Å². The summed E-state index contributed by atoms with van der Waals surface area (Å²) >= 11 is 0. The van der Waals surface area contributed by atoms with Gasteiger partial charge in [0.2, 0.25) is 0 Å². The van der Waals surface area contributed by atoms with Crippen LogP contribution in [0.5, 0.6) is 5.75 Å². The van der Waals surface area contributed by atoms with Crippen LogP contribution in [0.3, 0.4) is 0 Å². The fourth-order valence-corrected chi connectivity index (χ4v) is 1.62. The van der Waals surface area contributed by atoms with E-state index >= 15 is 0 Å². The van der Waals surface area contributed by atoms with Crippen molar-refractivity contribution in [1.82, 2.24) is 4.98 Å². The van der Waals surface area contributed by atoms with Crippen LogP contribution in [0.1, 0.15) is 12.6 Å². The maximum Gasteiger partial charge on any atom is 0.145 e. The van der Waals surface area contributed by atoms with Crippen molar-refractivity contribution in [2.75, 3.05) is 13.3 Å². The molecule has 1 aromatic heterocycles. The van der Waals surface area contributed by atoms with Crippen LogP contribution in [0.15, 0.2) is 30.3 Å². The molecule has 0 fully saturated rings. The van der Waals surface area contributed by atoms with E-state index in [-0.39, 0.29) is 6.61 Å². The third-order valence-electron chi connectivity index (χ3n) is 2.44. The maximum atomic E-state index is 12.1. The van der Waals surface area contributed by atoms with Gasteiger partial charge in [0.05, 0.1) is 0 Å². The van der Waals surface area contributed by atoms with Gasteiger partial charge in [0.15, 0.2) is 0 Å². The molecule has 0 atom stereocenters. The molecule has 0 aliphatic rings. The summed E-state index contributed by atoms with van der Waals surface area (Å²) in [7, 11) is 0. The van der Waals surface area contributed by atoms with Gasteiger partial charge in [-0.2, -0.15) is 0 Å². The van der Waals surface area contributed by atoms with E-state index in [4.69, 9.17) is 4.74 Å². The lowest BCUT2D eigenvalue weighted by Crippen LogP contribution is -2.00. The SMILES string of the molecule is CCc1ccc2cccc(OCCF)c2n1. The van der Waals surface area contributed by atoms with Crippen molar-refractivity contribution in [3.05, 3.63) is 36.0 Å². The third kappa shape index (κ3) is 2.13. The Morgan fingerprint density at radius 2 is 2.12 bits per heavy atom. The van der Waals surface area contributed by atoms with E-state index in [0.717, 1.165) is 23.0 Å². The second-order valence-electron chi connectivity index (χ2n) is 3.52. The van der Waals surface area contributed by atoms with E-state index < -0.39 is 6.67 Å². The molecule has 0 amide bonds. The van der Waals surface area contributed by atoms with Gasteiger partial charge < -0.3 is 4.74 Å². The van der Waals surface area contributed by atoms with Crippen LogP contribution in [-0.4, -0.2) is 18.3 Å². The van der Waals surface area contributed by atoms with E-state index in [1.54, 1.807) is 0 Å². The zero-order valence-corrected chi connectivity index (χ0v) is 9.24. The summed E-state index contributed by atoms with van der Waals surface area (Å²) in [5.41, 5.74) is 1.83. The monoisotopic (exact) mass is 219 g/mol. The molecule has 0 N–H and O–H groups in total. The first-order valence-electron chi connectivity index (χ1n) is 5.42. The highest BCUT2D eigenvalue weighted by Gasteiger charge is 2.04. The maximum absolute atomic E-state index is 12.1. The summed E-state index contributed by atoms with van der Waals surface area (Å²) in [5, 5.41) is 1.02. The average molecular weight is 219 g/mol. The molecule has 0 saturated heterocycles. The standard InChI is InChI=1S/C13H14FNO/c1-2-11-7-6-10-4-3-5-12(13(10)15-11)16-9-8-14/h3-7H,2,8-9H2,1H3. The molecule has 0 unspecified atom stereocenters. The zero-order chi connectivity index (χ0) is 11.4. The highest BCUT2D eigenvalue weighted by Crippen LogP contribution is 2.24. The highest BCUT2D eigenvalue weighted by atomic mass is 19.1. The van der Waals surface area contributed by atoms with Gasteiger partial charge in [-0.15, -0.1) is 0 Å². The highest BCUT2D eigenvalue weighted by molar-refractivity contribution is 5.84. The minimum atomic E-state index is -0.482. The molecule has 0 aliphatic heterocycles. The Labute approximate surface area is 94.1 Å². The van der Waals surface area contributed by atoms with Crippen LogP contribution in [0.25, 0.3) is 10.9 Å². The molecule has 3 heteroatoms. The molecule has 84 valence electrons. The Morgan fingerprint density at radius 1 is 1.25 bits per heavy atom. The van der Waals surface area contributed by atoms with E-state index in [2.05, 4.69) is 11.9 Å². The summed E-state index contributed by atoms with van der Waals surface area (Å²) in [4.78, 5) is 4.50. The number of rotatable bonds is 4. The van der Waals surface area contributed by atoms with Crippen LogP contribution in [0.4, 0.5) is 4.39 Å². The predicted octanol–water partition coefficient (Wildman–Crippen LogP) is 3.15. The summed E-state index contributed by atoms with van der Waals surface area (Å²) in [6.45, 7) is 1.65. The molecule has 0 radical (unpaired) electrons. The summed E-state index contributed by atoms with van der Waals surface area (Å²) < 4.78 is 17.4. The molecule has 0 saturated carbocycles. The van der Waals surface area contributed by atoms with Gasteiger partial charge in [0.1, 0.15) is 24.5 Å². The third-order valence-corrected chi connectivity index (χ3v) is 2.44. The quantitative estimate of drug-likeness (QED) is 0.788. The fraction of sp³-hybridized carbons (Fsp3) is 0.308. The fourth-order valence-electron chi connectivity index (χ4n) is 1.62. The lowest BCUT2D eigenvalue weighted by atomic mass is 10.1. The molecule has 16 heavy (non-hydrogen) atoms. The Kier molecular flexibility index (Phi) is 3.34. The molecule has 0 aliphatic carbocycles. The number of ether oxygens (including phenoxy) is 1. The van der Waals surface area contributed by atoms with Gasteiger partial charge in [0, 0.05) is 11.1 Å². The zero-order valence-electron chi connectivity index (χ0n) is 9.24. The van der Waals surface area contributed by atoms with E-state index in [1.807, 2.05) is 30.3 Å². The number of benzene rings is 1. The number of hydrogen-bond acceptors (Lipinski definition) is 2. The number of fused-ring (bicyclic) bond motifs is 1. The van der Waals surface area contributed by atoms with Gasteiger partial charge in [-0.25, -0.2) is 9.37 Å². The smallest absolute Gasteiger partial charge is 0.145 e.